The van der Waals surface area contributed by atoms with E-state index in [0.717, 1.165) is 17.5 Å². The molecule has 0 radical (unpaired) electrons. The van der Waals surface area contributed by atoms with E-state index < -0.39 is 0 Å². The van der Waals surface area contributed by atoms with Crippen molar-refractivity contribution in [1.82, 2.24) is 20.4 Å². The Morgan fingerprint density at radius 2 is 2.10 bits per heavy atom. The van der Waals surface area contributed by atoms with E-state index in [4.69, 9.17) is 0 Å². The Morgan fingerprint density at radius 3 is 2.71 bits per heavy atom. The molecule has 0 bridgehead atoms. The van der Waals surface area contributed by atoms with E-state index in [0.29, 0.717) is 6.54 Å². The van der Waals surface area contributed by atoms with Gasteiger partial charge in [0.1, 0.15) is 5.75 Å². The zero-order chi connectivity index (χ0) is 15.2. The van der Waals surface area contributed by atoms with E-state index in [1.165, 1.54) is 0 Å². The number of aryl methyl sites for hydroxylation is 1. The average Bonchev–Trinajstić information content (AvgIpc) is 2.88. The molecule has 0 aliphatic heterocycles. The first-order valence-corrected chi connectivity index (χ1v) is 6.85. The summed E-state index contributed by atoms with van der Waals surface area (Å²) in [6.45, 7) is 2.45. The number of benzene rings is 1. The standard InChI is InChI=1S/C15H20N4O2/c1-11(13-9-17-19(2)10-13)18-15(21)16-8-7-12-3-5-14(20)6-4-12/h3-6,9-11,20H,7-8H2,1-2H3,(H2,16,18,21). The molecule has 1 atom stereocenters. The average molecular weight is 288 g/mol. The van der Waals surface area contributed by atoms with Gasteiger partial charge in [0.2, 0.25) is 0 Å². The summed E-state index contributed by atoms with van der Waals surface area (Å²) in [6.07, 6.45) is 4.33. The lowest BCUT2D eigenvalue weighted by molar-refractivity contribution is 0.238. The first-order chi connectivity index (χ1) is 10.0. The minimum absolute atomic E-state index is 0.0904. The summed E-state index contributed by atoms with van der Waals surface area (Å²) in [5.74, 6) is 0.245. The molecule has 1 aromatic heterocycles. The normalized spacial score (nSPS) is 11.9. The first-order valence-electron chi connectivity index (χ1n) is 6.85. The van der Waals surface area contributed by atoms with E-state index in [1.807, 2.05) is 32.3 Å². The molecule has 112 valence electrons. The van der Waals surface area contributed by atoms with E-state index in [1.54, 1.807) is 23.0 Å². The molecular weight excluding hydrogens is 268 g/mol. The predicted molar refractivity (Wildman–Crippen MR) is 80.0 cm³/mol. The number of amides is 2. The monoisotopic (exact) mass is 288 g/mol. The van der Waals surface area contributed by atoms with Gasteiger partial charge in [-0.3, -0.25) is 4.68 Å². The number of phenolic OH excluding ortho intramolecular Hbond substituents is 1. The molecule has 6 nitrogen and oxygen atoms in total. The highest BCUT2D eigenvalue weighted by atomic mass is 16.3. The third-order valence-electron chi connectivity index (χ3n) is 3.21. The maximum atomic E-state index is 11.8. The highest BCUT2D eigenvalue weighted by Crippen LogP contribution is 2.10. The van der Waals surface area contributed by atoms with Crippen LogP contribution in [0.5, 0.6) is 5.75 Å². The van der Waals surface area contributed by atoms with E-state index in [-0.39, 0.29) is 17.8 Å². The van der Waals surface area contributed by atoms with Gasteiger partial charge >= 0.3 is 6.03 Å². The number of phenols is 1. The topological polar surface area (TPSA) is 79.2 Å². The maximum Gasteiger partial charge on any atom is 0.315 e. The Labute approximate surface area is 123 Å². The summed E-state index contributed by atoms with van der Waals surface area (Å²) in [4.78, 5) is 11.8. The SMILES string of the molecule is CC(NC(=O)NCCc1ccc(O)cc1)c1cnn(C)c1. The van der Waals surface area contributed by atoms with Gasteiger partial charge in [-0.05, 0) is 31.0 Å². The van der Waals surface area contributed by atoms with Gasteiger partial charge in [-0.25, -0.2) is 4.79 Å². The van der Waals surface area contributed by atoms with Crippen LogP contribution in [0.3, 0.4) is 0 Å². The van der Waals surface area contributed by atoms with Crippen molar-refractivity contribution in [3.8, 4) is 5.75 Å². The van der Waals surface area contributed by atoms with Gasteiger partial charge in [0.05, 0.1) is 12.2 Å². The summed E-state index contributed by atoms with van der Waals surface area (Å²) in [6, 6.07) is 6.66. The van der Waals surface area contributed by atoms with Gasteiger partial charge in [-0.1, -0.05) is 12.1 Å². The van der Waals surface area contributed by atoms with E-state index in [9.17, 15) is 9.90 Å². The Hall–Kier alpha value is -2.50. The van der Waals surface area contributed by atoms with Gasteiger partial charge in [-0.2, -0.15) is 5.10 Å². The van der Waals surface area contributed by atoms with Crippen LogP contribution in [0.25, 0.3) is 0 Å². The molecule has 0 fully saturated rings. The number of urea groups is 1. The molecule has 1 heterocycles. The number of nitrogens with zero attached hydrogens (tertiary/aromatic N) is 2. The van der Waals surface area contributed by atoms with Gasteiger partial charge in [0.25, 0.3) is 0 Å². The van der Waals surface area contributed by atoms with Crippen molar-refractivity contribution in [1.29, 1.82) is 0 Å². The van der Waals surface area contributed by atoms with E-state index in [2.05, 4.69) is 15.7 Å². The van der Waals surface area contributed by atoms with Crippen LogP contribution in [-0.2, 0) is 13.5 Å². The Balaban J connectivity index is 1.73. The second kappa shape index (κ2) is 6.78. The van der Waals surface area contributed by atoms with E-state index >= 15 is 0 Å². The summed E-state index contributed by atoms with van der Waals surface area (Å²) < 4.78 is 1.70. The number of rotatable bonds is 5. The first kappa shape index (κ1) is 14.9. The molecule has 2 aromatic rings. The van der Waals surface area contributed by atoms with Crippen molar-refractivity contribution in [2.75, 3.05) is 6.54 Å². The van der Waals surface area contributed by atoms with Crippen LogP contribution in [0, 0.1) is 0 Å². The summed E-state index contributed by atoms with van der Waals surface area (Å²) >= 11 is 0. The molecular formula is C15H20N4O2. The Morgan fingerprint density at radius 1 is 1.38 bits per heavy atom. The van der Waals surface area contributed by atoms with Gasteiger partial charge < -0.3 is 15.7 Å². The predicted octanol–water partition coefficient (Wildman–Crippen LogP) is 1.73. The molecule has 2 rings (SSSR count). The second-order valence-electron chi connectivity index (χ2n) is 4.99. The number of carbonyl (C=O) groups excluding carboxylic acids is 1. The summed E-state index contributed by atoms with van der Waals surface area (Å²) in [7, 11) is 1.84. The largest absolute Gasteiger partial charge is 0.508 e. The number of aromatic nitrogens is 2. The van der Waals surface area contributed by atoms with Crippen molar-refractivity contribution in [2.45, 2.75) is 19.4 Å². The van der Waals surface area contributed by atoms with Crippen molar-refractivity contribution in [3.05, 3.63) is 47.8 Å². The van der Waals surface area contributed by atoms with Crippen LogP contribution >= 0.6 is 0 Å². The number of carbonyl (C=O) groups is 1. The molecule has 0 saturated heterocycles. The third-order valence-corrected chi connectivity index (χ3v) is 3.21. The van der Waals surface area contributed by atoms with Crippen LogP contribution < -0.4 is 10.6 Å². The molecule has 0 spiro atoms. The number of nitrogens with one attached hydrogen (secondary N) is 2. The van der Waals surface area contributed by atoms with Crippen LogP contribution in [0.4, 0.5) is 4.79 Å². The van der Waals surface area contributed by atoms with Crippen LogP contribution in [0.1, 0.15) is 24.1 Å². The second-order valence-corrected chi connectivity index (χ2v) is 4.99. The van der Waals surface area contributed by atoms with Crippen molar-refractivity contribution >= 4 is 6.03 Å². The molecule has 1 aromatic carbocycles. The fourth-order valence-corrected chi connectivity index (χ4v) is 1.98. The fraction of sp³-hybridized carbons (Fsp3) is 0.333. The Bertz CT molecular complexity index is 592. The minimum atomic E-state index is -0.204. The quantitative estimate of drug-likeness (QED) is 0.784. The minimum Gasteiger partial charge on any atom is -0.508 e. The lowest BCUT2D eigenvalue weighted by Crippen LogP contribution is -2.37. The molecule has 3 N–H and O–H groups in total. The zero-order valence-electron chi connectivity index (χ0n) is 12.2. The van der Waals surface area contributed by atoms with Gasteiger partial charge in [0.15, 0.2) is 0 Å². The lowest BCUT2D eigenvalue weighted by Gasteiger charge is -2.13. The summed E-state index contributed by atoms with van der Waals surface area (Å²) in [5.41, 5.74) is 2.03. The van der Waals surface area contributed by atoms with Crippen molar-refractivity contribution in [3.63, 3.8) is 0 Å². The van der Waals surface area contributed by atoms with Crippen molar-refractivity contribution in [2.24, 2.45) is 7.05 Å². The Kier molecular flexibility index (Phi) is 4.81. The molecule has 21 heavy (non-hydrogen) atoms. The summed E-state index contributed by atoms with van der Waals surface area (Å²) in [5, 5.41) is 18.9. The number of hydrogen-bond acceptors (Lipinski definition) is 3. The lowest BCUT2D eigenvalue weighted by atomic mass is 10.1. The molecule has 0 aliphatic carbocycles. The van der Waals surface area contributed by atoms with Crippen LogP contribution in [0.2, 0.25) is 0 Å². The molecule has 2 amide bonds. The highest BCUT2D eigenvalue weighted by Gasteiger charge is 2.10. The number of hydrogen-bond donors (Lipinski definition) is 3. The van der Waals surface area contributed by atoms with Crippen LogP contribution in [-0.4, -0.2) is 27.5 Å². The third kappa shape index (κ3) is 4.52. The fourth-order valence-electron chi connectivity index (χ4n) is 1.98. The van der Waals surface area contributed by atoms with Gasteiger partial charge in [-0.15, -0.1) is 0 Å². The van der Waals surface area contributed by atoms with Crippen molar-refractivity contribution < 1.29 is 9.90 Å². The van der Waals surface area contributed by atoms with Crippen LogP contribution in [0.15, 0.2) is 36.7 Å². The maximum absolute atomic E-state index is 11.8. The molecule has 1 unspecified atom stereocenters. The molecule has 6 heteroatoms. The highest BCUT2D eigenvalue weighted by molar-refractivity contribution is 5.74. The number of aromatic hydroxyl groups is 1. The smallest absolute Gasteiger partial charge is 0.315 e. The zero-order valence-corrected chi connectivity index (χ0v) is 12.2. The molecule has 0 aliphatic rings. The van der Waals surface area contributed by atoms with Gasteiger partial charge in [0, 0.05) is 25.4 Å². The molecule has 0 saturated carbocycles.